The van der Waals surface area contributed by atoms with Crippen molar-refractivity contribution in [2.45, 2.75) is 19.9 Å². The van der Waals surface area contributed by atoms with Gasteiger partial charge in [-0.1, -0.05) is 0 Å². The normalized spacial score (nSPS) is 9.78. The molecule has 0 aromatic rings. The summed E-state index contributed by atoms with van der Waals surface area (Å²) in [6.07, 6.45) is -1.06. The van der Waals surface area contributed by atoms with Crippen LogP contribution in [0.15, 0.2) is 0 Å². The molecule has 54 valence electrons. The van der Waals surface area contributed by atoms with Crippen molar-refractivity contribution in [2.24, 2.45) is 0 Å². The summed E-state index contributed by atoms with van der Waals surface area (Å²) in [5.41, 5.74) is 0. The van der Waals surface area contributed by atoms with Crippen molar-refractivity contribution in [3.63, 3.8) is 0 Å². The maximum Gasteiger partial charge on any atom is 0.431 e. The molecule has 0 aliphatic rings. The van der Waals surface area contributed by atoms with Crippen LogP contribution in [-0.2, 0) is 4.84 Å². The summed E-state index contributed by atoms with van der Waals surface area (Å²) >= 11 is 0. The topological polar surface area (TPSA) is 49.8 Å². The Balaban J connectivity index is 3.83. The molecular weight excluding hydrogens is 122 g/mol. The van der Waals surface area contributed by atoms with Crippen molar-refractivity contribution in [1.29, 1.82) is 0 Å². The predicted octanol–water partition coefficient (Wildman–Crippen LogP) is 0.936. The van der Waals surface area contributed by atoms with E-state index in [-0.39, 0.29) is 6.04 Å². The highest BCUT2D eigenvalue weighted by Gasteiger charge is 2.13. The number of carbonyl (C=O) groups is 1. The zero-order valence-corrected chi connectivity index (χ0v) is 5.79. The third-order valence-corrected chi connectivity index (χ3v) is 0.854. The summed E-state index contributed by atoms with van der Waals surface area (Å²) in [5, 5.41) is 9.22. The molecule has 0 aromatic heterocycles. The van der Waals surface area contributed by atoms with Gasteiger partial charge >= 0.3 is 6.09 Å². The minimum atomic E-state index is -1.06. The van der Waals surface area contributed by atoms with Crippen LogP contribution in [0, 0.1) is 0 Å². The van der Waals surface area contributed by atoms with Gasteiger partial charge < -0.3 is 5.11 Å². The lowest BCUT2D eigenvalue weighted by molar-refractivity contribution is -0.122. The van der Waals surface area contributed by atoms with E-state index in [2.05, 4.69) is 4.84 Å². The van der Waals surface area contributed by atoms with Crippen molar-refractivity contribution in [3.05, 3.63) is 0 Å². The van der Waals surface area contributed by atoms with Gasteiger partial charge in [0.2, 0.25) is 0 Å². The van der Waals surface area contributed by atoms with Gasteiger partial charge in [0.05, 0.1) is 13.2 Å². The van der Waals surface area contributed by atoms with Crippen LogP contribution >= 0.6 is 0 Å². The fourth-order valence-corrected chi connectivity index (χ4v) is 0.510. The Morgan fingerprint density at radius 2 is 2.11 bits per heavy atom. The fraction of sp³-hybridized carbons (Fsp3) is 0.800. The summed E-state index contributed by atoms with van der Waals surface area (Å²) in [7, 11) is 1.33. The first kappa shape index (κ1) is 8.23. The molecule has 0 heterocycles. The van der Waals surface area contributed by atoms with Crippen LogP contribution in [0.1, 0.15) is 13.8 Å². The highest BCUT2D eigenvalue weighted by atomic mass is 16.7. The monoisotopic (exact) mass is 133 g/mol. The number of amides is 1. The summed E-state index contributed by atoms with van der Waals surface area (Å²) in [4.78, 5) is 14.7. The molecule has 0 saturated heterocycles. The molecule has 4 nitrogen and oxygen atoms in total. The highest BCUT2D eigenvalue weighted by molar-refractivity contribution is 5.63. The summed E-state index contributed by atoms with van der Waals surface area (Å²) in [5.74, 6) is 0. The van der Waals surface area contributed by atoms with E-state index in [9.17, 15) is 4.79 Å². The molecule has 0 bridgehead atoms. The van der Waals surface area contributed by atoms with Crippen LogP contribution < -0.4 is 0 Å². The number of carboxylic acid groups (broad SMARTS) is 1. The van der Waals surface area contributed by atoms with Crippen LogP contribution in [0.5, 0.6) is 0 Å². The van der Waals surface area contributed by atoms with Gasteiger partial charge in [-0.25, -0.2) is 4.79 Å². The van der Waals surface area contributed by atoms with Gasteiger partial charge in [-0.15, -0.1) is 0 Å². The van der Waals surface area contributed by atoms with E-state index in [0.717, 1.165) is 5.06 Å². The van der Waals surface area contributed by atoms with Crippen LogP contribution in [0.3, 0.4) is 0 Å². The number of hydrogen-bond acceptors (Lipinski definition) is 2. The summed E-state index contributed by atoms with van der Waals surface area (Å²) in [6.45, 7) is 3.47. The van der Waals surface area contributed by atoms with Crippen molar-refractivity contribution < 1.29 is 14.7 Å². The molecule has 1 amide bonds. The molecule has 0 aliphatic carbocycles. The Hall–Kier alpha value is -0.770. The van der Waals surface area contributed by atoms with E-state index in [1.807, 2.05) is 0 Å². The van der Waals surface area contributed by atoms with E-state index in [0.29, 0.717) is 0 Å². The Bertz CT molecular complexity index is 102. The summed E-state index contributed by atoms with van der Waals surface area (Å²) in [6, 6.07) is -0.132. The Morgan fingerprint density at radius 1 is 1.67 bits per heavy atom. The van der Waals surface area contributed by atoms with Gasteiger partial charge in [0.15, 0.2) is 0 Å². The maximum atomic E-state index is 10.2. The highest BCUT2D eigenvalue weighted by Crippen LogP contribution is 1.96. The number of hydroxylamine groups is 2. The molecule has 1 N–H and O–H groups in total. The summed E-state index contributed by atoms with van der Waals surface area (Å²) < 4.78 is 0. The molecular formula is C5H11NO3. The van der Waals surface area contributed by atoms with Gasteiger partial charge in [0.25, 0.3) is 0 Å². The quantitative estimate of drug-likeness (QED) is 0.570. The molecule has 0 atom stereocenters. The standard InChI is InChI=1S/C5H11NO3/c1-4(2)6(9-3)5(7)8/h4H,1-3H3,(H,7,8). The predicted molar refractivity (Wildman–Crippen MR) is 32.0 cm³/mol. The average molecular weight is 133 g/mol. The second-order valence-electron chi connectivity index (χ2n) is 1.88. The van der Waals surface area contributed by atoms with E-state index in [1.165, 1.54) is 7.11 Å². The van der Waals surface area contributed by atoms with Gasteiger partial charge in [-0.3, -0.25) is 4.84 Å². The molecule has 0 saturated carbocycles. The molecule has 9 heavy (non-hydrogen) atoms. The second kappa shape index (κ2) is 3.29. The molecule has 0 spiro atoms. The van der Waals surface area contributed by atoms with E-state index < -0.39 is 6.09 Å². The van der Waals surface area contributed by atoms with Crippen LogP contribution in [0.2, 0.25) is 0 Å². The molecule has 0 aliphatic heterocycles. The first-order valence-corrected chi connectivity index (χ1v) is 2.66. The smallest absolute Gasteiger partial charge is 0.431 e. The SMILES string of the molecule is CON(C(=O)O)C(C)C. The Labute approximate surface area is 54.0 Å². The zero-order chi connectivity index (χ0) is 7.44. The van der Waals surface area contributed by atoms with Crippen molar-refractivity contribution in [2.75, 3.05) is 7.11 Å². The largest absolute Gasteiger partial charge is 0.463 e. The minimum absolute atomic E-state index is 0.132. The van der Waals surface area contributed by atoms with E-state index >= 15 is 0 Å². The Kier molecular flexibility index (Phi) is 3.01. The Morgan fingerprint density at radius 3 is 2.11 bits per heavy atom. The number of hydrogen-bond donors (Lipinski definition) is 1. The fourth-order valence-electron chi connectivity index (χ4n) is 0.510. The molecule has 0 unspecified atom stereocenters. The zero-order valence-electron chi connectivity index (χ0n) is 5.79. The average Bonchev–Trinajstić information content (AvgIpc) is 1.64. The minimum Gasteiger partial charge on any atom is -0.463 e. The first-order valence-electron chi connectivity index (χ1n) is 2.66. The van der Waals surface area contributed by atoms with Crippen LogP contribution in [0.25, 0.3) is 0 Å². The second-order valence-corrected chi connectivity index (χ2v) is 1.88. The van der Waals surface area contributed by atoms with E-state index in [1.54, 1.807) is 13.8 Å². The third-order valence-electron chi connectivity index (χ3n) is 0.854. The third kappa shape index (κ3) is 2.32. The van der Waals surface area contributed by atoms with Crippen molar-refractivity contribution in [1.82, 2.24) is 5.06 Å². The molecule has 4 heteroatoms. The molecule has 0 fully saturated rings. The molecule has 0 radical (unpaired) electrons. The van der Waals surface area contributed by atoms with Gasteiger partial charge in [0, 0.05) is 0 Å². The van der Waals surface area contributed by atoms with Gasteiger partial charge in [-0.05, 0) is 13.8 Å². The van der Waals surface area contributed by atoms with Gasteiger partial charge in [-0.2, -0.15) is 5.06 Å². The lowest BCUT2D eigenvalue weighted by Crippen LogP contribution is -2.34. The lowest BCUT2D eigenvalue weighted by Gasteiger charge is -2.19. The van der Waals surface area contributed by atoms with E-state index in [4.69, 9.17) is 5.11 Å². The number of rotatable bonds is 2. The molecule has 0 aromatic carbocycles. The first-order chi connectivity index (χ1) is 4.09. The number of nitrogens with zero attached hydrogens (tertiary/aromatic N) is 1. The maximum absolute atomic E-state index is 10.2. The van der Waals surface area contributed by atoms with Crippen LogP contribution in [0.4, 0.5) is 4.79 Å². The van der Waals surface area contributed by atoms with Crippen molar-refractivity contribution in [3.8, 4) is 0 Å². The lowest BCUT2D eigenvalue weighted by atomic mass is 10.4. The van der Waals surface area contributed by atoms with Gasteiger partial charge in [0.1, 0.15) is 0 Å². The van der Waals surface area contributed by atoms with Crippen molar-refractivity contribution >= 4 is 6.09 Å². The molecule has 0 rings (SSSR count). The van der Waals surface area contributed by atoms with Crippen LogP contribution in [-0.4, -0.2) is 29.4 Å².